The molecule has 16 heavy (non-hydrogen) atoms. The Bertz CT molecular complexity index is 492. The molecule has 0 fully saturated rings. The number of halogens is 1. The van der Waals surface area contributed by atoms with Crippen LogP contribution in [0.4, 0.5) is 4.39 Å². The van der Waals surface area contributed by atoms with E-state index >= 15 is 0 Å². The first-order valence-corrected chi connectivity index (χ1v) is 5.58. The van der Waals surface area contributed by atoms with Gasteiger partial charge in [0.25, 0.3) is 0 Å². The van der Waals surface area contributed by atoms with Gasteiger partial charge in [-0.2, -0.15) is 0 Å². The molecule has 0 saturated carbocycles. The Kier molecular flexibility index (Phi) is 2.97. The molecule has 2 aromatic rings. The van der Waals surface area contributed by atoms with Crippen LogP contribution in [0, 0.1) is 11.7 Å². The molecule has 1 heterocycles. The maximum Gasteiger partial charge on any atom is 0.123 e. The minimum atomic E-state index is -0.513. The number of H-pyrrole nitrogens is 1. The van der Waals surface area contributed by atoms with Gasteiger partial charge in [0, 0.05) is 16.6 Å². The molecule has 0 aliphatic carbocycles. The largest absolute Gasteiger partial charge is 0.387 e. The minimum absolute atomic E-state index is 0.193. The van der Waals surface area contributed by atoms with E-state index in [4.69, 9.17) is 0 Å². The van der Waals surface area contributed by atoms with Gasteiger partial charge in [0.05, 0.1) is 6.10 Å². The zero-order chi connectivity index (χ0) is 11.7. The minimum Gasteiger partial charge on any atom is -0.387 e. The van der Waals surface area contributed by atoms with Crippen LogP contribution >= 0.6 is 0 Å². The second kappa shape index (κ2) is 4.26. The van der Waals surface area contributed by atoms with Gasteiger partial charge in [-0.05, 0) is 30.2 Å². The molecular weight excluding hydrogens is 205 g/mol. The Morgan fingerprint density at radius 2 is 2.12 bits per heavy atom. The molecule has 0 spiro atoms. The second-order valence-corrected chi connectivity index (χ2v) is 4.29. The van der Waals surface area contributed by atoms with Crippen molar-refractivity contribution in [3.05, 3.63) is 35.8 Å². The van der Waals surface area contributed by atoms with Crippen molar-refractivity contribution in [1.82, 2.24) is 4.98 Å². The summed E-state index contributed by atoms with van der Waals surface area (Å²) in [5.74, 6) is -0.0611. The Hall–Kier alpha value is -1.35. The van der Waals surface area contributed by atoms with Crippen molar-refractivity contribution in [2.45, 2.75) is 26.4 Å². The molecule has 2 N–H and O–H groups in total. The highest BCUT2D eigenvalue weighted by atomic mass is 19.1. The molecule has 0 aliphatic rings. The van der Waals surface area contributed by atoms with Crippen molar-refractivity contribution >= 4 is 10.9 Å². The van der Waals surface area contributed by atoms with Gasteiger partial charge in [-0.1, -0.05) is 20.3 Å². The highest BCUT2D eigenvalue weighted by molar-refractivity contribution is 5.80. The van der Waals surface area contributed by atoms with Gasteiger partial charge < -0.3 is 10.1 Å². The van der Waals surface area contributed by atoms with E-state index in [1.165, 1.54) is 12.1 Å². The number of hydrogen-bond acceptors (Lipinski definition) is 1. The normalized spacial score (nSPS) is 15.2. The van der Waals surface area contributed by atoms with Gasteiger partial charge in [-0.15, -0.1) is 0 Å². The van der Waals surface area contributed by atoms with Crippen LogP contribution in [-0.2, 0) is 0 Å². The van der Waals surface area contributed by atoms with Gasteiger partial charge in [0.15, 0.2) is 0 Å². The Balaban J connectivity index is 2.39. The van der Waals surface area contributed by atoms with Crippen LogP contribution in [0.3, 0.4) is 0 Å². The smallest absolute Gasteiger partial charge is 0.123 e. The quantitative estimate of drug-likeness (QED) is 0.818. The van der Waals surface area contributed by atoms with Crippen molar-refractivity contribution < 1.29 is 9.50 Å². The number of nitrogens with one attached hydrogen (secondary N) is 1. The van der Waals surface area contributed by atoms with E-state index in [9.17, 15) is 9.50 Å². The summed E-state index contributed by atoms with van der Waals surface area (Å²) in [7, 11) is 0. The molecule has 0 aliphatic heterocycles. The number of aromatic amines is 1. The molecule has 1 aromatic heterocycles. The number of fused-ring (bicyclic) bond motifs is 1. The van der Waals surface area contributed by atoms with Crippen molar-refractivity contribution in [1.29, 1.82) is 0 Å². The van der Waals surface area contributed by atoms with E-state index in [0.29, 0.717) is 0 Å². The van der Waals surface area contributed by atoms with Crippen LogP contribution in [0.2, 0.25) is 0 Å². The summed E-state index contributed by atoms with van der Waals surface area (Å²) >= 11 is 0. The molecule has 2 atom stereocenters. The van der Waals surface area contributed by atoms with Crippen LogP contribution < -0.4 is 0 Å². The van der Waals surface area contributed by atoms with E-state index in [1.54, 1.807) is 6.07 Å². The number of benzene rings is 1. The lowest BCUT2D eigenvalue weighted by molar-refractivity contribution is 0.112. The van der Waals surface area contributed by atoms with Crippen LogP contribution in [0.15, 0.2) is 24.3 Å². The number of rotatable bonds is 3. The summed E-state index contributed by atoms with van der Waals surface area (Å²) in [6.07, 6.45) is 0.394. The van der Waals surface area contributed by atoms with Gasteiger partial charge in [0.1, 0.15) is 5.82 Å². The van der Waals surface area contributed by atoms with Gasteiger partial charge in [0.2, 0.25) is 0 Å². The lowest BCUT2D eigenvalue weighted by Gasteiger charge is -2.15. The van der Waals surface area contributed by atoms with E-state index in [0.717, 1.165) is 23.0 Å². The summed E-state index contributed by atoms with van der Waals surface area (Å²) in [6, 6.07) is 6.39. The first-order valence-electron chi connectivity index (χ1n) is 5.58. The van der Waals surface area contributed by atoms with Gasteiger partial charge in [-0.3, -0.25) is 0 Å². The van der Waals surface area contributed by atoms with E-state index in [2.05, 4.69) is 4.98 Å². The summed E-state index contributed by atoms with van der Waals surface area (Å²) < 4.78 is 13.0. The Morgan fingerprint density at radius 3 is 2.81 bits per heavy atom. The molecule has 0 radical (unpaired) electrons. The highest BCUT2D eigenvalue weighted by Gasteiger charge is 2.16. The lowest BCUT2D eigenvalue weighted by atomic mass is 9.99. The predicted molar refractivity (Wildman–Crippen MR) is 62.7 cm³/mol. The molecular formula is C13H16FNO. The van der Waals surface area contributed by atoms with Crippen LogP contribution in [0.1, 0.15) is 32.1 Å². The van der Waals surface area contributed by atoms with Crippen molar-refractivity contribution in [3.63, 3.8) is 0 Å². The van der Waals surface area contributed by atoms with Crippen LogP contribution in [0.5, 0.6) is 0 Å². The number of aliphatic hydroxyl groups is 1. The Labute approximate surface area is 94.1 Å². The average molecular weight is 221 g/mol. The second-order valence-electron chi connectivity index (χ2n) is 4.29. The average Bonchev–Trinajstić information content (AvgIpc) is 2.69. The maximum absolute atomic E-state index is 13.0. The number of hydrogen-bond donors (Lipinski definition) is 2. The predicted octanol–water partition coefficient (Wildman–Crippen LogP) is 3.39. The third kappa shape index (κ3) is 1.95. The van der Waals surface area contributed by atoms with E-state index < -0.39 is 6.10 Å². The zero-order valence-corrected chi connectivity index (χ0v) is 9.50. The standard InChI is InChI=1S/C13H16FNO/c1-3-8(2)13(16)12-7-9-6-10(14)4-5-11(9)15-12/h4-8,13,15-16H,3H2,1-2H3. The Morgan fingerprint density at radius 1 is 1.38 bits per heavy atom. The number of aliphatic hydroxyl groups excluding tert-OH is 1. The fourth-order valence-electron chi connectivity index (χ4n) is 1.82. The summed E-state index contributed by atoms with van der Waals surface area (Å²) in [5, 5.41) is 10.8. The first kappa shape index (κ1) is 11.1. The topological polar surface area (TPSA) is 36.0 Å². The van der Waals surface area contributed by atoms with E-state index in [-0.39, 0.29) is 11.7 Å². The van der Waals surface area contributed by atoms with Gasteiger partial charge in [-0.25, -0.2) is 4.39 Å². The van der Waals surface area contributed by atoms with Crippen LogP contribution in [-0.4, -0.2) is 10.1 Å². The first-order chi connectivity index (χ1) is 7.61. The van der Waals surface area contributed by atoms with Crippen molar-refractivity contribution in [3.8, 4) is 0 Å². The van der Waals surface area contributed by atoms with Crippen molar-refractivity contribution in [2.24, 2.45) is 5.92 Å². The maximum atomic E-state index is 13.0. The van der Waals surface area contributed by atoms with Crippen LogP contribution in [0.25, 0.3) is 10.9 Å². The third-order valence-electron chi connectivity index (χ3n) is 3.11. The molecule has 86 valence electrons. The molecule has 3 heteroatoms. The fourth-order valence-corrected chi connectivity index (χ4v) is 1.82. The third-order valence-corrected chi connectivity index (χ3v) is 3.11. The molecule has 2 unspecified atom stereocenters. The number of aromatic nitrogens is 1. The zero-order valence-electron chi connectivity index (χ0n) is 9.50. The molecule has 2 nitrogen and oxygen atoms in total. The highest BCUT2D eigenvalue weighted by Crippen LogP contribution is 2.26. The lowest BCUT2D eigenvalue weighted by Crippen LogP contribution is -2.08. The monoisotopic (exact) mass is 221 g/mol. The molecule has 0 amide bonds. The molecule has 0 bridgehead atoms. The molecule has 0 saturated heterocycles. The summed E-state index contributed by atoms with van der Waals surface area (Å²) in [4.78, 5) is 3.12. The summed E-state index contributed by atoms with van der Waals surface area (Å²) in [6.45, 7) is 4.03. The fraction of sp³-hybridized carbons (Fsp3) is 0.385. The summed E-state index contributed by atoms with van der Waals surface area (Å²) in [5.41, 5.74) is 1.62. The molecule has 2 rings (SSSR count). The van der Waals surface area contributed by atoms with E-state index in [1.807, 2.05) is 19.9 Å². The molecule has 1 aromatic carbocycles. The van der Waals surface area contributed by atoms with Gasteiger partial charge >= 0.3 is 0 Å². The SMILES string of the molecule is CCC(C)C(O)c1cc2cc(F)ccc2[nH]1. The van der Waals surface area contributed by atoms with Crippen molar-refractivity contribution in [2.75, 3.05) is 0 Å².